The molecule has 1 saturated heterocycles. The molecule has 3 atom stereocenters. The van der Waals surface area contributed by atoms with Crippen molar-refractivity contribution in [2.45, 2.75) is 61.6 Å². The van der Waals surface area contributed by atoms with Crippen LogP contribution in [0.25, 0.3) is 0 Å². The number of nitrogens with zero attached hydrogens (tertiary/aromatic N) is 4. The van der Waals surface area contributed by atoms with Crippen molar-refractivity contribution in [1.82, 2.24) is 15.3 Å². The third-order valence-corrected chi connectivity index (χ3v) is 10.1. The van der Waals surface area contributed by atoms with Crippen LogP contribution in [-0.2, 0) is 9.84 Å². The van der Waals surface area contributed by atoms with Gasteiger partial charge < -0.3 is 20.2 Å². The highest BCUT2D eigenvalue weighted by Crippen LogP contribution is 2.55. The Kier molecular flexibility index (Phi) is 5.95. The zero-order valence-corrected chi connectivity index (χ0v) is 22.2. The Morgan fingerprint density at radius 1 is 1.08 bits per heavy atom. The molecule has 5 fully saturated rings. The number of amides is 1. The van der Waals surface area contributed by atoms with Crippen molar-refractivity contribution in [2.24, 2.45) is 17.8 Å². The van der Waals surface area contributed by atoms with E-state index in [0.717, 1.165) is 50.9 Å². The van der Waals surface area contributed by atoms with Gasteiger partial charge in [-0.1, -0.05) is 0 Å². The van der Waals surface area contributed by atoms with Crippen molar-refractivity contribution >= 4 is 27.4 Å². The zero-order chi connectivity index (χ0) is 25.9. The van der Waals surface area contributed by atoms with E-state index in [1.54, 1.807) is 24.4 Å². The Morgan fingerprint density at radius 2 is 1.78 bits per heavy atom. The number of aliphatic hydroxyl groups is 1. The van der Waals surface area contributed by atoms with Gasteiger partial charge in [-0.05, 0) is 87.1 Å². The molecule has 4 aliphatic carbocycles. The molecule has 4 bridgehead atoms. The predicted octanol–water partition coefficient (Wildman–Crippen LogP) is 2.26. The number of sulfone groups is 1. The van der Waals surface area contributed by atoms with Gasteiger partial charge in [-0.25, -0.2) is 18.4 Å². The van der Waals surface area contributed by atoms with E-state index < -0.39 is 15.4 Å². The Labute approximate surface area is 218 Å². The predicted molar refractivity (Wildman–Crippen MR) is 140 cm³/mol. The van der Waals surface area contributed by atoms with E-state index in [1.807, 2.05) is 12.1 Å². The standard InChI is InChI=1S/C27H35N5O4S/c1-17-16-31(21-3-5-22(6-4-21)37(2,35)36)9-10-32(17)26-28-8-7-23(29-26)25(33)30-24-19-11-18-12-20(24)15-27(34,13-18)14-19/h3-8,17-20,24,34H,9-16H2,1-2H3,(H,30,33). The highest BCUT2D eigenvalue weighted by atomic mass is 32.2. The highest BCUT2D eigenvalue weighted by molar-refractivity contribution is 7.90. The summed E-state index contributed by atoms with van der Waals surface area (Å²) in [5, 5.41) is 14.1. The van der Waals surface area contributed by atoms with Crippen LogP contribution in [0.5, 0.6) is 0 Å². The fraction of sp³-hybridized carbons (Fsp3) is 0.593. The molecule has 3 unspecified atom stereocenters. The fourth-order valence-corrected chi connectivity index (χ4v) is 8.08. The number of piperazine rings is 1. The summed E-state index contributed by atoms with van der Waals surface area (Å²) in [5.74, 6) is 1.68. The second-order valence-corrected chi connectivity index (χ2v) is 13.7. The maximum Gasteiger partial charge on any atom is 0.270 e. The molecule has 9 nitrogen and oxygen atoms in total. The molecule has 1 amide bonds. The van der Waals surface area contributed by atoms with Crippen LogP contribution in [0.2, 0.25) is 0 Å². The minimum absolute atomic E-state index is 0.104. The van der Waals surface area contributed by atoms with E-state index in [2.05, 4.69) is 32.0 Å². The first-order valence-electron chi connectivity index (χ1n) is 13.3. The first-order chi connectivity index (χ1) is 17.6. The zero-order valence-electron chi connectivity index (χ0n) is 21.4. The second-order valence-electron chi connectivity index (χ2n) is 11.7. The number of benzene rings is 1. The van der Waals surface area contributed by atoms with Gasteiger partial charge in [0, 0.05) is 49.9 Å². The molecule has 1 aliphatic heterocycles. The maximum absolute atomic E-state index is 13.2. The van der Waals surface area contributed by atoms with Crippen LogP contribution in [0.3, 0.4) is 0 Å². The molecule has 2 N–H and O–H groups in total. The molecule has 1 aromatic carbocycles. The van der Waals surface area contributed by atoms with Crippen LogP contribution >= 0.6 is 0 Å². The summed E-state index contributed by atoms with van der Waals surface area (Å²) in [4.78, 5) is 27.0. The normalized spacial score (nSPS) is 33.0. The van der Waals surface area contributed by atoms with E-state index in [-0.39, 0.29) is 18.0 Å². The molecular weight excluding hydrogens is 490 g/mol. The molecule has 0 radical (unpaired) electrons. The van der Waals surface area contributed by atoms with Crippen molar-refractivity contribution in [3.63, 3.8) is 0 Å². The van der Waals surface area contributed by atoms with Crippen LogP contribution in [0.1, 0.15) is 49.5 Å². The lowest BCUT2D eigenvalue weighted by atomic mass is 9.52. The first-order valence-corrected chi connectivity index (χ1v) is 15.2. The monoisotopic (exact) mass is 525 g/mol. The lowest BCUT2D eigenvalue weighted by Gasteiger charge is -2.58. The molecule has 2 heterocycles. The number of carbonyl (C=O) groups is 1. The van der Waals surface area contributed by atoms with Gasteiger partial charge in [0.15, 0.2) is 9.84 Å². The lowest BCUT2D eigenvalue weighted by Crippen LogP contribution is -2.61. The van der Waals surface area contributed by atoms with Gasteiger partial charge in [0.05, 0.1) is 10.5 Å². The van der Waals surface area contributed by atoms with Crippen molar-refractivity contribution in [2.75, 3.05) is 35.7 Å². The average Bonchev–Trinajstić information content (AvgIpc) is 2.85. The van der Waals surface area contributed by atoms with Gasteiger partial charge in [0.25, 0.3) is 5.91 Å². The molecule has 5 aliphatic rings. The van der Waals surface area contributed by atoms with Crippen LogP contribution in [0.4, 0.5) is 11.6 Å². The Bertz CT molecular complexity index is 1280. The quantitative estimate of drug-likeness (QED) is 0.611. The largest absolute Gasteiger partial charge is 0.390 e. The average molecular weight is 526 g/mol. The Hall–Kier alpha value is -2.72. The Balaban J connectivity index is 1.11. The number of anilines is 2. The van der Waals surface area contributed by atoms with Gasteiger partial charge >= 0.3 is 0 Å². The molecule has 0 spiro atoms. The van der Waals surface area contributed by atoms with Crippen molar-refractivity contribution in [1.29, 1.82) is 0 Å². The SMILES string of the molecule is CC1CN(c2ccc(S(C)(=O)=O)cc2)CCN1c1nccc(C(=O)NC2C3CC4CC2CC(O)(C4)C3)n1. The number of hydrogen-bond donors (Lipinski definition) is 2. The summed E-state index contributed by atoms with van der Waals surface area (Å²) < 4.78 is 23.5. The number of hydrogen-bond acceptors (Lipinski definition) is 8. The van der Waals surface area contributed by atoms with Crippen molar-refractivity contribution in [3.05, 3.63) is 42.2 Å². The van der Waals surface area contributed by atoms with E-state index in [4.69, 9.17) is 0 Å². The molecule has 198 valence electrons. The number of rotatable bonds is 5. The summed E-state index contributed by atoms with van der Waals surface area (Å²) >= 11 is 0. The van der Waals surface area contributed by atoms with E-state index >= 15 is 0 Å². The molecule has 37 heavy (non-hydrogen) atoms. The van der Waals surface area contributed by atoms with E-state index in [0.29, 0.717) is 40.8 Å². The fourth-order valence-electron chi connectivity index (χ4n) is 7.45. The van der Waals surface area contributed by atoms with E-state index in [9.17, 15) is 18.3 Å². The summed E-state index contributed by atoms with van der Waals surface area (Å²) in [6.07, 6.45) is 7.56. The van der Waals surface area contributed by atoms with Crippen molar-refractivity contribution in [3.8, 4) is 0 Å². The number of carbonyl (C=O) groups excluding carboxylic acids is 1. The summed E-state index contributed by atoms with van der Waals surface area (Å²) in [6.45, 7) is 4.25. The van der Waals surface area contributed by atoms with Gasteiger partial charge in [0.1, 0.15) is 5.69 Å². The highest BCUT2D eigenvalue weighted by Gasteiger charge is 2.55. The molecule has 7 rings (SSSR count). The van der Waals surface area contributed by atoms with Gasteiger partial charge in [-0.3, -0.25) is 4.79 Å². The third kappa shape index (κ3) is 4.69. The summed E-state index contributed by atoms with van der Waals surface area (Å²) in [5.41, 5.74) is 0.838. The maximum atomic E-state index is 13.2. The summed E-state index contributed by atoms with van der Waals surface area (Å²) in [6, 6.07) is 8.89. The Morgan fingerprint density at radius 3 is 2.41 bits per heavy atom. The molecule has 2 aromatic rings. The van der Waals surface area contributed by atoms with Crippen LogP contribution < -0.4 is 15.1 Å². The minimum atomic E-state index is -3.22. The molecule has 4 saturated carbocycles. The summed E-state index contributed by atoms with van der Waals surface area (Å²) in [7, 11) is -3.22. The molecule has 10 heteroatoms. The lowest BCUT2D eigenvalue weighted by molar-refractivity contribution is -0.136. The first kappa shape index (κ1) is 24.6. The second kappa shape index (κ2) is 8.94. The minimum Gasteiger partial charge on any atom is -0.390 e. The number of aromatic nitrogens is 2. The van der Waals surface area contributed by atoms with Gasteiger partial charge in [-0.15, -0.1) is 0 Å². The topological polar surface area (TPSA) is 116 Å². The number of nitrogens with one attached hydrogen (secondary N) is 1. The smallest absolute Gasteiger partial charge is 0.270 e. The van der Waals surface area contributed by atoms with Crippen molar-refractivity contribution < 1.29 is 18.3 Å². The third-order valence-electron chi connectivity index (χ3n) is 8.93. The van der Waals surface area contributed by atoms with Crippen LogP contribution in [0.15, 0.2) is 41.4 Å². The molecule has 1 aromatic heterocycles. The molecular formula is C27H35N5O4S. The van der Waals surface area contributed by atoms with Gasteiger partial charge in [-0.2, -0.15) is 0 Å². The van der Waals surface area contributed by atoms with Crippen LogP contribution in [0, 0.1) is 17.8 Å². The van der Waals surface area contributed by atoms with Gasteiger partial charge in [0.2, 0.25) is 5.95 Å². The van der Waals surface area contributed by atoms with Crippen LogP contribution in [-0.4, -0.2) is 73.0 Å². The van der Waals surface area contributed by atoms with E-state index in [1.165, 1.54) is 6.26 Å².